The van der Waals surface area contributed by atoms with Crippen LogP contribution in [0.1, 0.15) is 36.0 Å². The third-order valence-corrected chi connectivity index (χ3v) is 5.43. The van der Waals surface area contributed by atoms with Crippen molar-refractivity contribution in [3.05, 3.63) is 52.5 Å². The number of rotatable bonds is 5. The van der Waals surface area contributed by atoms with E-state index < -0.39 is 0 Å². The lowest BCUT2D eigenvalue weighted by molar-refractivity contribution is 0.0951. The summed E-state index contributed by atoms with van der Waals surface area (Å²) < 4.78 is 0.888. The van der Waals surface area contributed by atoms with E-state index in [9.17, 15) is 9.59 Å². The molecule has 4 rings (SSSR count). The van der Waals surface area contributed by atoms with Gasteiger partial charge in [-0.2, -0.15) is 0 Å². The summed E-state index contributed by atoms with van der Waals surface area (Å²) in [6, 6.07) is 12.9. The van der Waals surface area contributed by atoms with E-state index in [2.05, 4.69) is 36.8 Å². The molecule has 2 aromatic carbocycles. The summed E-state index contributed by atoms with van der Waals surface area (Å²) in [5, 5.41) is 8.69. The van der Waals surface area contributed by atoms with Crippen molar-refractivity contribution in [2.75, 3.05) is 28.6 Å². The van der Waals surface area contributed by atoms with Gasteiger partial charge in [-0.15, -0.1) is 0 Å². The molecule has 0 unspecified atom stereocenters. The van der Waals surface area contributed by atoms with Gasteiger partial charge >= 0.3 is 6.03 Å². The Morgan fingerprint density at radius 1 is 0.964 bits per heavy atom. The number of carbonyl (C=O) groups excluding carboxylic acids is 2. The van der Waals surface area contributed by atoms with Gasteiger partial charge in [0.1, 0.15) is 0 Å². The van der Waals surface area contributed by atoms with Crippen LogP contribution in [0.25, 0.3) is 0 Å². The third kappa shape index (κ3) is 4.65. The molecule has 0 spiro atoms. The highest BCUT2D eigenvalue weighted by molar-refractivity contribution is 9.10. The molecule has 2 fully saturated rings. The van der Waals surface area contributed by atoms with Crippen molar-refractivity contribution in [2.24, 2.45) is 0 Å². The SMILES string of the molecule is O=C(Nc1cccc(Br)c1)Nc1ccc(N2CCCC2)c(C(=O)NC2CC2)c1. The molecule has 7 heteroatoms. The van der Waals surface area contributed by atoms with E-state index >= 15 is 0 Å². The molecular weight excluding hydrogens is 420 g/mol. The number of nitrogens with one attached hydrogen (secondary N) is 3. The number of nitrogens with zero attached hydrogens (tertiary/aromatic N) is 1. The molecule has 0 atom stereocenters. The summed E-state index contributed by atoms with van der Waals surface area (Å²) in [5.74, 6) is -0.0690. The van der Waals surface area contributed by atoms with Gasteiger partial charge in [-0.05, 0) is 62.1 Å². The van der Waals surface area contributed by atoms with Gasteiger partial charge in [0.25, 0.3) is 5.91 Å². The summed E-state index contributed by atoms with van der Waals surface area (Å²) >= 11 is 3.39. The highest BCUT2D eigenvalue weighted by Gasteiger charge is 2.26. The minimum atomic E-state index is -0.347. The van der Waals surface area contributed by atoms with Gasteiger partial charge in [-0.3, -0.25) is 4.79 Å². The maximum Gasteiger partial charge on any atom is 0.323 e. The molecule has 3 amide bonds. The average Bonchev–Trinajstić information content (AvgIpc) is 3.30. The smallest absolute Gasteiger partial charge is 0.323 e. The molecule has 146 valence electrons. The summed E-state index contributed by atoms with van der Waals surface area (Å²) in [7, 11) is 0. The van der Waals surface area contributed by atoms with E-state index in [0.29, 0.717) is 16.9 Å². The molecule has 1 heterocycles. The Hall–Kier alpha value is -2.54. The molecule has 2 aromatic rings. The molecular formula is C21H23BrN4O2. The molecule has 6 nitrogen and oxygen atoms in total. The normalized spacial score (nSPS) is 16.0. The van der Waals surface area contributed by atoms with Crippen molar-refractivity contribution < 1.29 is 9.59 Å². The minimum Gasteiger partial charge on any atom is -0.371 e. The number of halogens is 1. The van der Waals surface area contributed by atoms with Crippen LogP contribution in [0.4, 0.5) is 21.9 Å². The van der Waals surface area contributed by atoms with Gasteiger partial charge < -0.3 is 20.9 Å². The molecule has 28 heavy (non-hydrogen) atoms. The molecule has 0 radical (unpaired) electrons. The van der Waals surface area contributed by atoms with Crippen LogP contribution in [0.15, 0.2) is 46.9 Å². The van der Waals surface area contributed by atoms with E-state index in [0.717, 1.165) is 48.9 Å². The topological polar surface area (TPSA) is 73.5 Å². The fourth-order valence-corrected chi connectivity index (χ4v) is 3.78. The largest absolute Gasteiger partial charge is 0.371 e. The van der Waals surface area contributed by atoms with Gasteiger partial charge in [0.15, 0.2) is 0 Å². The molecule has 2 aliphatic rings. The Kier molecular flexibility index (Phi) is 5.52. The highest BCUT2D eigenvalue weighted by atomic mass is 79.9. The lowest BCUT2D eigenvalue weighted by Gasteiger charge is -2.22. The summed E-state index contributed by atoms with van der Waals surface area (Å²) in [6.45, 7) is 1.92. The van der Waals surface area contributed by atoms with Gasteiger partial charge in [-0.25, -0.2) is 4.79 Å². The Morgan fingerprint density at radius 3 is 2.36 bits per heavy atom. The Balaban J connectivity index is 1.51. The summed E-state index contributed by atoms with van der Waals surface area (Å²) in [6.07, 6.45) is 4.35. The quantitative estimate of drug-likeness (QED) is 0.633. The fraction of sp³-hybridized carbons (Fsp3) is 0.333. The second kappa shape index (κ2) is 8.22. The summed E-state index contributed by atoms with van der Waals surface area (Å²) in [4.78, 5) is 27.4. The van der Waals surface area contributed by atoms with E-state index in [1.807, 2.05) is 36.4 Å². The number of benzene rings is 2. The lowest BCUT2D eigenvalue weighted by Crippen LogP contribution is -2.29. The van der Waals surface area contributed by atoms with Crippen LogP contribution >= 0.6 is 15.9 Å². The first-order valence-electron chi connectivity index (χ1n) is 9.62. The van der Waals surface area contributed by atoms with Crippen LogP contribution in [0, 0.1) is 0 Å². The van der Waals surface area contributed by atoms with Crippen molar-refractivity contribution in [1.29, 1.82) is 0 Å². The van der Waals surface area contributed by atoms with Gasteiger partial charge in [0.05, 0.1) is 5.56 Å². The zero-order valence-electron chi connectivity index (χ0n) is 15.5. The van der Waals surface area contributed by atoms with Crippen molar-refractivity contribution in [2.45, 2.75) is 31.7 Å². The molecule has 0 bridgehead atoms. The predicted octanol–water partition coefficient (Wildman–Crippen LogP) is 4.59. The lowest BCUT2D eigenvalue weighted by atomic mass is 10.1. The van der Waals surface area contributed by atoms with Crippen LogP contribution in [-0.2, 0) is 0 Å². The first-order chi connectivity index (χ1) is 13.6. The number of carbonyl (C=O) groups is 2. The van der Waals surface area contributed by atoms with E-state index in [-0.39, 0.29) is 18.0 Å². The van der Waals surface area contributed by atoms with Crippen molar-refractivity contribution in [3.8, 4) is 0 Å². The zero-order chi connectivity index (χ0) is 19.5. The standard InChI is InChI=1S/C21H23BrN4O2/c22-14-4-3-5-16(12-14)24-21(28)25-17-8-9-19(26-10-1-2-11-26)18(13-17)20(27)23-15-6-7-15/h3-5,8-9,12-13,15H,1-2,6-7,10-11H2,(H,23,27)(H2,24,25,28). The Morgan fingerprint density at radius 2 is 1.68 bits per heavy atom. The van der Waals surface area contributed by atoms with E-state index in [1.54, 1.807) is 6.07 Å². The van der Waals surface area contributed by atoms with Gasteiger partial charge in [-0.1, -0.05) is 22.0 Å². The molecule has 1 saturated carbocycles. The number of anilines is 3. The molecule has 0 aromatic heterocycles. The minimum absolute atomic E-state index is 0.0690. The molecule has 1 aliphatic heterocycles. The van der Waals surface area contributed by atoms with Crippen LogP contribution in [-0.4, -0.2) is 31.1 Å². The van der Waals surface area contributed by atoms with E-state index in [1.165, 1.54) is 0 Å². The monoisotopic (exact) mass is 442 g/mol. The Labute approximate surface area is 172 Å². The first kappa shape index (κ1) is 18.8. The Bertz CT molecular complexity index is 892. The van der Waals surface area contributed by atoms with Gasteiger partial charge in [0.2, 0.25) is 0 Å². The molecule has 1 aliphatic carbocycles. The average molecular weight is 443 g/mol. The second-order valence-corrected chi connectivity index (χ2v) is 8.18. The van der Waals surface area contributed by atoms with E-state index in [4.69, 9.17) is 0 Å². The number of urea groups is 1. The van der Waals surface area contributed by atoms with Crippen LogP contribution in [0.2, 0.25) is 0 Å². The number of amides is 3. The maximum atomic E-state index is 12.8. The van der Waals surface area contributed by atoms with Gasteiger partial charge in [0, 0.05) is 40.7 Å². The third-order valence-electron chi connectivity index (χ3n) is 4.94. The predicted molar refractivity (Wildman–Crippen MR) is 115 cm³/mol. The first-order valence-corrected chi connectivity index (χ1v) is 10.4. The van der Waals surface area contributed by atoms with Crippen molar-refractivity contribution >= 4 is 44.9 Å². The van der Waals surface area contributed by atoms with Crippen molar-refractivity contribution in [1.82, 2.24) is 5.32 Å². The summed E-state index contributed by atoms with van der Waals surface area (Å²) in [5.41, 5.74) is 2.84. The molecule has 1 saturated heterocycles. The zero-order valence-corrected chi connectivity index (χ0v) is 17.1. The highest BCUT2D eigenvalue weighted by Crippen LogP contribution is 2.29. The van der Waals surface area contributed by atoms with Crippen molar-refractivity contribution in [3.63, 3.8) is 0 Å². The van der Waals surface area contributed by atoms with Crippen LogP contribution in [0.5, 0.6) is 0 Å². The second-order valence-electron chi connectivity index (χ2n) is 7.26. The van der Waals surface area contributed by atoms with Crippen LogP contribution < -0.4 is 20.9 Å². The number of hydrogen-bond acceptors (Lipinski definition) is 3. The molecule has 3 N–H and O–H groups in total. The fourth-order valence-electron chi connectivity index (χ4n) is 3.38. The maximum absolute atomic E-state index is 12.8. The number of hydrogen-bond donors (Lipinski definition) is 3. The van der Waals surface area contributed by atoms with Crippen LogP contribution in [0.3, 0.4) is 0 Å².